The number of hydrogen-bond donors (Lipinski definition) is 1. The number of dihydropyridines is 1. The molecule has 0 fully saturated rings. The smallest absolute Gasteiger partial charge is 0.336 e. The summed E-state index contributed by atoms with van der Waals surface area (Å²) in [6.45, 7) is 1.88. The molecule has 1 aliphatic heterocycles. The summed E-state index contributed by atoms with van der Waals surface area (Å²) in [4.78, 5) is 28.6. The van der Waals surface area contributed by atoms with Gasteiger partial charge in [0.15, 0.2) is 5.78 Å². The van der Waals surface area contributed by atoms with Crippen molar-refractivity contribution >= 4 is 34.4 Å². The third-order valence-electron chi connectivity index (χ3n) is 4.86. The van der Waals surface area contributed by atoms with E-state index in [4.69, 9.17) is 4.74 Å². The van der Waals surface area contributed by atoms with Crippen LogP contribution in [0.5, 0.6) is 0 Å². The number of methoxy groups -OCH3 is 1. The Morgan fingerprint density at radius 2 is 2.08 bits per heavy atom. The fourth-order valence-electron chi connectivity index (χ4n) is 3.71. The van der Waals surface area contributed by atoms with E-state index < -0.39 is 0 Å². The zero-order valence-electron chi connectivity index (χ0n) is 14.6. The third-order valence-corrected chi connectivity index (χ3v) is 7.07. The quantitative estimate of drug-likeness (QED) is 0.784. The van der Waals surface area contributed by atoms with Gasteiger partial charge in [-0.15, -0.1) is 22.7 Å². The Morgan fingerprint density at radius 3 is 2.81 bits per heavy atom. The molecule has 0 saturated carbocycles. The normalized spacial score (nSPS) is 20.1. The van der Waals surface area contributed by atoms with Gasteiger partial charge in [-0.3, -0.25) is 4.79 Å². The summed E-state index contributed by atoms with van der Waals surface area (Å²) in [5.74, 6) is -0.593. The average Bonchev–Trinajstić information content (AvgIpc) is 3.31. The van der Waals surface area contributed by atoms with Gasteiger partial charge in [0.2, 0.25) is 0 Å². The van der Waals surface area contributed by atoms with E-state index in [-0.39, 0.29) is 17.7 Å². The summed E-state index contributed by atoms with van der Waals surface area (Å²) < 4.78 is 5.04. The third kappa shape index (κ3) is 2.83. The van der Waals surface area contributed by atoms with Gasteiger partial charge in [0.1, 0.15) is 0 Å². The lowest BCUT2D eigenvalue weighted by atomic mass is 9.78. The van der Waals surface area contributed by atoms with Gasteiger partial charge in [0.25, 0.3) is 0 Å². The zero-order chi connectivity index (χ0) is 18.3. The summed E-state index contributed by atoms with van der Waals surface area (Å²) in [5, 5.41) is 5.34. The molecular formula is C20H19NO3S2. The molecule has 26 heavy (non-hydrogen) atoms. The summed E-state index contributed by atoms with van der Waals surface area (Å²) >= 11 is 3.33. The van der Waals surface area contributed by atoms with Gasteiger partial charge in [-0.1, -0.05) is 6.07 Å². The predicted octanol–water partition coefficient (Wildman–Crippen LogP) is 4.62. The molecule has 4 nitrogen and oxygen atoms in total. The van der Waals surface area contributed by atoms with Crippen LogP contribution in [0.25, 0.3) is 9.75 Å². The number of nitrogens with one attached hydrogen (secondary N) is 1. The second-order valence-corrected chi connectivity index (χ2v) is 8.50. The summed E-state index contributed by atoms with van der Waals surface area (Å²) in [5.41, 5.74) is 3.02. The lowest BCUT2D eigenvalue weighted by Gasteiger charge is -2.33. The Balaban J connectivity index is 1.85. The molecule has 1 atom stereocenters. The molecule has 2 aliphatic rings. The van der Waals surface area contributed by atoms with Gasteiger partial charge in [0, 0.05) is 38.0 Å². The number of carbonyl (C=O) groups excluding carboxylic acids is 2. The van der Waals surface area contributed by atoms with Crippen molar-refractivity contribution in [2.24, 2.45) is 0 Å². The Hall–Kier alpha value is -2.18. The fourth-order valence-corrected chi connectivity index (χ4v) is 5.67. The molecule has 0 radical (unpaired) electrons. The van der Waals surface area contributed by atoms with E-state index in [1.807, 2.05) is 19.1 Å². The van der Waals surface area contributed by atoms with Crippen LogP contribution in [0.4, 0.5) is 0 Å². The standard InChI is InChI=1S/C20H19NO3S2/c1-11-17(20(23)24-2)19(18-12(21-11)5-3-6-13(18)22)16-9-8-15(26-16)14-7-4-10-25-14/h4,7-10,19,21H,3,5-6H2,1-2H3/t19-/m1/s1. The minimum Gasteiger partial charge on any atom is -0.466 e. The molecule has 0 spiro atoms. The molecule has 0 amide bonds. The van der Waals surface area contributed by atoms with Crippen molar-refractivity contribution in [3.63, 3.8) is 0 Å². The highest BCUT2D eigenvalue weighted by atomic mass is 32.1. The first-order valence-electron chi connectivity index (χ1n) is 8.56. The van der Waals surface area contributed by atoms with E-state index in [1.165, 1.54) is 12.0 Å². The minimum absolute atomic E-state index is 0.128. The number of esters is 1. The second-order valence-electron chi connectivity index (χ2n) is 6.44. The van der Waals surface area contributed by atoms with Gasteiger partial charge in [-0.05, 0) is 43.3 Å². The number of Topliss-reactive ketones (excluding diaryl/α,β-unsaturated/α-hetero) is 1. The van der Waals surface area contributed by atoms with Gasteiger partial charge < -0.3 is 10.1 Å². The fraction of sp³-hybridized carbons (Fsp3) is 0.300. The van der Waals surface area contributed by atoms with Crippen LogP contribution in [0.3, 0.4) is 0 Å². The lowest BCUT2D eigenvalue weighted by Crippen LogP contribution is -2.33. The first-order chi connectivity index (χ1) is 12.6. The first-order valence-corrected chi connectivity index (χ1v) is 10.3. The highest BCUT2D eigenvalue weighted by Gasteiger charge is 2.39. The molecule has 1 aliphatic carbocycles. The Kier molecular flexibility index (Phi) is 4.54. The number of hydrogen-bond acceptors (Lipinski definition) is 6. The average molecular weight is 386 g/mol. The maximum Gasteiger partial charge on any atom is 0.336 e. The van der Waals surface area contributed by atoms with Crippen LogP contribution in [0.15, 0.2) is 52.2 Å². The van der Waals surface area contributed by atoms with Crippen molar-refractivity contribution < 1.29 is 14.3 Å². The second kappa shape index (κ2) is 6.85. The molecule has 3 heterocycles. The molecule has 6 heteroatoms. The van der Waals surface area contributed by atoms with E-state index in [0.717, 1.165) is 39.6 Å². The van der Waals surface area contributed by atoms with Crippen LogP contribution < -0.4 is 5.32 Å². The predicted molar refractivity (Wildman–Crippen MR) is 104 cm³/mol. The van der Waals surface area contributed by atoms with Crippen LogP contribution in [0.2, 0.25) is 0 Å². The highest BCUT2D eigenvalue weighted by Crippen LogP contribution is 2.46. The SMILES string of the molecule is COC(=O)C1=C(C)NC2=C(C(=O)CCC2)[C@@H]1c1ccc(-c2cccs2)s1. The Bertz CT molecular complexity index is 934. The van der Waals surface area contributed by atoms with Crippen LogP contribution in [0, 0.1) is 0 Å². The maximum absolute atomic E-state index is 12.7. The first kappa shape index (κ1) is 17.2. The molecule has 0 aromatic carbocycles. The van der Waals surface area contributed by atoms with Crippen LogP contribution in [-0.2, 0) is 14.3 Å². The van der Waals surface area contributed by atoms with Crippen molar-refractivity contribution in [3.8, 4) is 9.75 Å². The molecule has 0 saturated heterocycles. The maximum atomic E-state index is 12.7. The molecule has 4 rings (SSSR count). The molecule has 2 aromatic rings. The zero-order valence-corrected chi connectivity index (χ0v) is 16.3. The summed E-state index contributed by atoms with van der Waals surface area (Å²) in [7, 11) is 1.39. The molecule has 0 unspecified atom stereocenters. The number of rotatable bonds is 3. The number of carbonyl (C=O) groups is 2. The number of allylic oxidation sites excluding steroid dienone is 3. The van der Waals surface area contributed by atoms with Crippen molar-refractivity contribution in [2.75, 3.05) is 7.11 Å². The van der Waals surface area contributed by atoms with Crippen LogP contribution >= 0.6 is 22.7 Å². The molecule has 2 aromatic heterocycles. The van der Waals surface area contributed by atoms with E-state index >= 15 is 0 Å². The van der Waals surface area contributed by atoms with Crippen molar-refractivity contribution in [3.05, 3.63) is 57.1 Å². The minimum atomic E-state index is -0.379. The molecule has 0 bridgehead atoms. The number of thiophene rings is 2. The van der Waals surface area contributed by atoms with Gasteiger partial charge in [-0.25, -0.2) is 4.79 Å². The van der Waals surface area contributed by atoms with Crippen molar-refractivity contribution in [1.29, 1.82) is 0 Å². The highest BCUT2D eigenvalue weighted by molar-refractivity contribution is 7.21. The van der Waals surface area contributed by atoms with Crippen molar-refractivity contribution in [2.45, 2.75) is 32.1 Å². The molecule has 1 N–H and O–H groups in total. The largest absolute Gasteiger partial charge is 0.466 e. The van der Waals surface area contributed by atoms with E-state index in [2.05, 4.69) is 22.8 Å². The monoisotopic (exact) mass is 385 g/mol. The summed E-state index contributed by atoms with van der Waals surface area (Å²) in [6.07, 6.45) is 2.23. The van der Waals surface area contributed by atoms with E-state index in [1.54, 1.807) is 22.7 Å². The number of ketones is 1. The molecule has 134 valence electrons. The Labute approximate surface area is 160 Å². The van der Waals surface area contributed by atoms with Crippen molar-refractivity contribution in [1.82, 2.24) is 5.32 Å². The Morgan fingerprint density at radius 1 is 1.23 bits per heavy atom. The topological polar surface area (TPSA) is 55.4 Å². The lowest BCUT2D eigenvalue weighted by molar-refractivity contribution is -0.136. The van der Waals surface area contributed by atoms with E-state index in [0.29, 0.717) is 12.0 Å². The van der Waals surface area contributed by atoms with E-state index in [9.17, 15) is 9.59 Å². The van der Waals surface area contributed by atoms with Crippen LogP contribution in [0.1, 0.15) is 37.0 Å². The van der Waals surface area contributed by atoms with Gasteiger partial charge in [0.05, 0.1) is 18.6 Å². The van der Waals surface area contributed by atoms with Crippen LogP contribution in [-0.4, -0.2) is 18.9 Å². The van der Waals surface area contributed by atoms with Gasteiger partial charge >= 0.3 is 5.97 Å². The molecular weight excluding hydrogens is 366 g/mol. The van der Waals surface area contributed by atoms with Gasteiger partial charge in [-0.2, -0.15) is 0 Å². The summed E-state index contributed by atoms with van der Waals surface area (Å²) in [6, 6.07) is 8.23. The number of ether oxygens (including phenoxy) is 1.